The van der Waals surface area contributed by atoms with E-state index in [-0.39, 0.29) is 0 Å². The average molecular weight is 180 g/mol. The number of hydrogen-bond acceptors (Lipinski definition) is 2. The molecule has 1 saturated carbocycles. The molecule has 1 aliphatic carbocycles. The van der Waals surface area contributed by atoms with Crippen LogP contribution in [0.2, 0.25) is 0 Å². The van der Waals surface area contributed by atoms with Gasteiger partial charge < -0.3 is 5.32 Å². The van der Waals surface area contributed by atoms with Gasteiger partial charge in [-0.25, -0.2) is 0 Å². The van der Waals surface area contributed by atoms with E-state index in [1.807, 2.05) is 0 Å². The van der Waals surface area contributed by atoms with Gasteiger partial charge in [0.1, 0.15) is 0 Å². The predicted octanol–water partition coefficient (Wildman–Crippen LogP) is 2.31. The SMILES string of the molecule is CC1CCCC(NCCC#N)C1C. The van der Waals surface area contributed by atoms with Crippen LogP contribution in [0.1, 0.15) is 39.5 Å². The minimum atomic E-state index is 0.637. The van der Waals surface area contributed by atoms with E-state index in [2.05, 4.69) is 25.2 Å². The van der Waals surface area contributed by atoms with E-state index in [4.69, 9.17) is 5.26 Å². The van der Waals surface area contributed by atoms with Crippen molar-refractivity contribution in [1.82, 2.24) is 5.32 Å². The zero-order chi connectivity index (χ0) is 9.68. The Morgan fingerprint density at radius 2 is 2.15 bits per heavy atom. The lowest BCUT2D eigenvalue weighted by Crippen LogP contribution is -2.40. The largest absolute Gasteiger partial charge is 0.313 e. The van der Waals surface area contributed by atoms with E-state index >= 15 is 0 Å². The molecule has 0 spiro atoms. The summed E-state index contributed by atoms with van der Waals surface area (Å²) in [4.78, 5) is 0. The quantitative estimate of drug-likeness (QED) is 0.676. The van der Waals surface area contributed by atoms with Gasteiger partial charge in [-0.05, 0) is 18.3 Å². The lowest BCUT2D eigenvalue weighted by Gasteiger charge is -2.34. The molecule has 2 nitrogen and oxygen atoms in total. The summed E-state index contributed by atoms with van der Waals surface area (Å²) in [5, 5.41) is 11.9. The molecule has 1 rings (SSSR count). The fourth-order valence-electron chi connectivity index (χ4n) is 2.18. The van der Waals surface area contributed by atoms with Crippen molar-refractivity contribution in [2.24, 2.45) is 11.8 Å². The summed E-state index contributed by atoms with van der Waals surface area (Å²) < 4.78 is 0. The molecule has 3 atom stereocenters. The predicted molar refractivity (Wildman–Crippen MR) is 54.2 cm³/mol. The Hall–Kier alpha value is -0.550. The highest BCUT2D eigenvalue weighted by Crippen LogP contribution is 2.29. The number of nitrogens with one attached hydrogen (secondary N) is 1. The third-order valence-electron chi connectivity index (χ3n) is 3.35. The molecular weight excluding hydrogens is 160 g/mol. The lowest BCUT2D eigenvalue weighted by molar-refractivity contribution is 0.208. The van der Waals surface area contributed by atoms with E-state index < -0.39 is 0 Å². The summed E-state index contributed by atoms with van der Waals surface area (Å²) in [5.74, 6) is 1.61. The maximum atomic E-state index is 8.42. The summed E-state index contributed by atoms with van der Waals surface area (Å²) in [6.45, 7) is 5.52. The average Bonchev–Trinajstić information content (AvgIpc) is 2.13. The maximum absolute atomic E-state index is 8.42. The van der Waals surface area contributed by atoms with Crippen LogP contribution in [0.15, 0.2) is 0 Å². The Balaban J connectivity index is 2.27. The van der Waals surface area contributed by atoms with Crippen LogP contribution in [0.25, 0.3) is 0 Å². The molecular formula is C11H20N2. The van der Waals surface area contributed by atoms with E-state index in [0.717, 1.165) is 18.4 Å². The first-order chi connectivity index (χ1) is 6.25. The van der Waals surface area contributed by atoms with Crippen molar-refractivity contribution in [3.8, 4) is 6.07 Å². The van der Waals surface area contributed by atoms with Crippen molar-refractivity contribution < 1.29 is 0 Å². The van der Waals surface area contributed by atoms with Gasteiger partial charge in [-0.15, -0.1) is 0 Å². The highest BCUT2D eigenvalue weighted by atomic mass is 14.9. The van der Waals surface area contributed by atoms with Gasteiger partial charge >= 0.3 is 0 Å². The highest BCUT2D eigenvalue weighted by Gasteiger charge is 2.25. The molecule has 1 aliphatic rings. The van der Waals surface area contributed by atoms with Gasteiger partial charge in [-0.2, -0.15) is 5.26 Å². The summed E-state index contributed by atoms with van der Waals surface area (Å²) in [5.41, 5.74) is 0. The van der Waals surface area contributed by atoms with Gasteiger partial charge in [-0.3, -0.25) is 0 Å². The molecule has 0 aromatic heterocycles. The number of hydrogen-bond donors (Lipinski definition) is 1. The minimum absolute atomic E-state index is 0.637. The van der Waals surface area contributed by atoms with Crippen molar-refractivity contribution >= 4 is 0 Å². The van der Waals surface area contributed by atoms with Crippen molar-refractivity contribution in [1.29, 1.82) is 5.26 Å². The summed E-state index contributed by atoms with van der Waals surface area (Å²) in [6, 6.07) is 2.82. The Kier molecular flexibility index (Phi) is 4.24. The standard InChI is InChI=1S/C11H20N2/c1-9-5-3-6-11(10(9)2)13-8-4-7-12/h9-11,13H,3-6,8H2,1-2H3. The Morgan fingerprint density at radius 3 is 2.85 bits per heavy atom. The van der Waals surface area contributed by atoms with E-state index in [1.165, 1.54) is 19.3 Å². The third kappa shape index (κ3) is 3.00. The van der Waals surface area contributed by atoms with Crippen molar-refractivity contribution in [3.05, 3.63) is 0 Å². The van der Waals surface area contributed by atoms with E-state index in [9.17, 15) is 0 Å². The third-order valence-corrected chi connectivity index (χ3v) is 3.35. The highest BCUT2D eigenvalue weighted by molar-refractivity contribution is 4.83. The molecule has 1 fully saturated rings. The molecule has 0 aliphatic heterocycles. The van der Waals surface area contributed by atoms with Gasteiger partial charge in [0, 0.05) is 19.0 Å². The van der Waals surface area contributed by atoms with Crippen molar-refractivity contribution in [2.45, 2.75) is 45.6 Å². The molecule has 0 bridgehead atoms. The van der Waals surface area contributed by atoms with Gasteiger partial charge in [0.25, 0.3) is 0 Å². The van der Waals surface area contributed by atoms with Crippen LogP contribution >= 0.6 is 0 Å². The van der Waals surface area contributed by atoms with Crippen molar-refractivity contribution in [3.63, 3.8) is 0 Å². The van der Waals surface area contributed by atoms with Crippen molar-refractivity contribution in [2.75, 3.05) is 6.54 Å². The van der Waals surface area contributed by atoms with Crippen LogP contribution in [-0.2, 0) is 0 Å². The van der Waals surface area contributed by atoms with E-state index in [1.54, 1.807) is 0 Å². The normalized spacial score (nSPS) is 34.1. The summed E-state index contributed by atoms with van der Waals surface area (Å²) in [7, 11) is 0. The van der Waals surface area contributed by atoms with Crippen LogP contribution in [0.3, 0.4) is 0 Å². The molecule has 74 valence electrons. The smallest absolute Gasteiger partial charge is 0.0635 e. The molecule has 3 unspecified atom stereocenters. The maximum Gasteiger partial charge on any atom is 0.0635 e. The molecule has 13 heavy (non-hydrogen) atoms. The molecule has 0 aromatic rings. The Bertz CT molecular complexity index is 183. The fourth-order valence-corrected chi connectivity index (χ4v) is 2.18. The molecule has 2 heteroatoms. The molecule has 0 aromatic carbocycles. The molecule has 1 N–H and O–H groups in total. The Labute approximate surface area is 81.3 Å². The number of rotatable bonds is 3. The van der Waals surface area contributed by atoms with Crippen LogP contribution in [-0.4, -0.2) is 12.6 Å². The second-order valence-corrected chi connectivity index (χ2v) is 4.24. The van der Waals surface area contributed by atoms with Crippen LogP contribution in [0.4, 0.5) is 0 Å². The van der Waals surface area contributed by atoms with Crippen LogP contribution in [0, 0.1) is 23.2 Å². The minimum Gasteiger partial charge on any atom is -0.313 e. The lowest BCUT2D eigenvalue weighted by atomic mass is 9.78. The topological polar surface area (TPSA) is 35.8 Å². The zero-order valence-electron chi connectivity index (χ0n) is 8.71. The Morgan fingerprint density at radius 1 is 1.38 bits per heavy atom. The van der Waals surface area contributed by atoms with Gasteiger partial charge in [0.05, 0.1) is 6.07 Å². The second kappa shape index (κ2) is 5.24. The van der Waals surface area contributed by atoms with Gasteiger partial charge in [0.2, 0.25) is 0 Å². The molecule has 0 amide bonds. The zero-order valence-corrected chi connectivity index (χ0v) is 8.71. The van der Waals surface area contributed by atoms with E-state index in [0.29, 0.717) is 12.5 Å². The first-order valence-electron chi connectivity index (χ1n) is 5.36. The first-order valence-corrected chi connectivity index (χ1v) is 5.36. The van der Waals surface area contributed by atoms with Gasteiger partial charge in [-0.1, -0.05) is 26.7 Å². The molecule has 0 heterocycles. The monoisotopic (exact) mass is 180 g/mol. The summed E-state index contributed by atoms with van der Waals surface area (Å²) >= 11 is 0. The fraction of sp³-hybridized carbons (Fsp3) is 0.909. The number of nitrogens with zero attached hydrogens (tertiary/aromatic N) is 1. The second-order valence-electron chi connectivity index (χ2n) is 4.24. The van der Waals surface area contributed by atoms with Crippen LogP contribution in [0.5, 0.6) is 0 Å². The molecule has 0 radical (unpaired) electrons. The van der Waals surface area contributed by atoms with Crippen LogP contribution < -0.4 is 5.32 Å². The number of nitriles is 1. The van der Waals surface area contributed by atoms with Gasteiger partial charge in [0.15, 0.2) is 0 Å². The first kappa shape index (κ1) is 10.5. The molecule has 0 saturated heterocycles. The summed E-state index contributed by atoms with van der Waals surface area (Å²) in [6.07, 6.45) is 4.64.